The second-order valence-electron chi connectivity index (χ2n) is 5.59. The van der Waals surface area contributed by atoms with Gasteiger partial charge in [-0.2, -0.15) is 0 Å². The van der Waals surface area contributed by atoms with Crippen molar-refractivity contribution >= 4 is 21.8 Å². The summed E-state index contributed by atoms with van der Waals surface area (Å²) in [5.41, 5.74) is -1.58. The molecule has 0 aliphatic heterocycles. The molecule has 1 aromatic rings. The van der Waals surface area contributed by atoms with Gasteiger partial charge in [0.05, 0.1) is 18.5 Å². The molecule has 0 bridgehead atoms. The van der Waals surface area contributed by atoms with Gasteiger partial charge in [-0.05, 0) is 31.5 Å². The number of benzene rings is 1. The van der Waals surface area contributed by atoms with Crippen LogP contribution in [0.5, 0.6) is 0 Å². The Bertz CT molecular complexity index is 722. The molecule has 0 unspecified atom stereocenters. The summed E-state index contributed by atoms with van der Waals surface area (Å²) in [6, 6.07) is 5.01. The Labute approximate surface area is 139 Å². The summed E-state index contributed by atoms with van der Waals surface area (Å²) in [4.78, 5) is 25.0. The van der Waals surface area contributed by atoms with Crippen molar-refractivity contribution in [2.45, 2.75) is 25.0 Å². The van der Waals surface area contributed by atoms with Gasteiger partial charge in [0, 0.05) is 12.2 Å². The van der Waals surface area contributed by atoms with Crippen molar-refractivity contribution in [2.24, 2.45) is 5.41 Å². The maximum atomic E-state index is 13.2. The number of hydrogen-bond acceptors (Lipinski definition) is 6. The van der Waals surface area contributed by atoms with E-state index in [0.717, 1.165) is 18.4 Å². The van der Waals surface area contributed by atoms with Crippen molar-refractivity contribution in [3.63, 3.8) is 0 Å². The summed E-state index contributed by atoms with van der Waals surface area (Å²) in [5, 5.41) is -1.30. The smallest absolute Gasteiger partial charge is 0.325 e. The molecular weight excluding hydrogens is 339 g/mol. The van der Waals surface area contributed by atoms with E-state index in [4.69, 9.17) is 9.47 Å². The van der Waals surface area contributed by atoms with Crippen molar-refractivity contribution in [1.82, 2.24) is 0 Å². The van der Waals surface area contributed by atoms with Gasteiger partial charge in [-0.1, -0.05) is 12.1 Å². The van der Waals surface area contributed by atoms with Gasteiger partial charge in [-0.25, -0.2) is 12.8 Å². The Morgan fingerprint density at radius 2 is 1.54 bits per heavy atom. The van der Waals surface area contributed by atoms with E-state index in [9.17, 15) is 22.4 Å². The molecule has 0 spiro atoms. The van der Waals surface area contributed by atoms with Gasteiger partial charge in [-0.15, -0.1) is 0 Å². The van der Waals surface area contributed by atoms with Gasteiger partial charge >= 0.3 is 11.9 Å². The Morgan fingerprint density at radius 1 is 1.08 bits per heavy atom. The van der Waals surface area contributed by atoms with Gasteiger partial charge < -0.3 is 9.47 Å². The predicted molar refractivity (Wildman–Crippen MR) is 83.5 cm³/mol. The molecule has 6 nitrogen and oxygen atoms in total. The fraction of sp³-hybridized carbons (Fsp3) is 0.500. The second-order valence-corrected chi connectivity index (χ2v) is 7.76. The van der Waals surface area contributed by atoms with Crippen LogP contribution in [0, 0.1) is 11.2 Å². The van der Waals surface area contributed by atoms with Crippen LogP contribution in [-0.2, 0) is 28.9 Å². The molecule has 132 valence electrons. The zero-order valence-electron chi connectivity index (χ0n) is 13.6. The number of sulfone groups is 1. The second kappa shape index (κ2) is 6.51. The summed E-state index contributed by atoms with van der Waals surface area (Å²) in [7, 11) is -3.77. The zero-order chi connectivity index (χ0) is 18.1. The third-order valence-electron chi connectivity index (χ3n) is 4.05. The van der Waals surface area contributed by atoms with Crippen LogP contribution in [0.1, 0.15) is 25.3 Å². The number of hydrogen-bond donors (Lipinski definition) is 0. The molecule has 0 saturated heterocycles. The van der Waals surface area contributed by atoms with E-state index in [1.165, 1.54) is 12.1 Å². The zero-order valence-corrected chi connectivity index (χ0v) is 14.4. The molecule has 0 heterocycles. The molecule has 2 atom stereocenters. The normalized spacial score (nSPS) is 21.8. The van der Waals surface area contributed by atoms with Gasteiger partial charge in [0.2, 0.25) is 0 Å². The average Bonchev–Trinajstić information content (AvgIpc) is 3.20. The highest BCUT2D eigenvalue weighted by Gasteiger charge is 2.81. The quantitative estimate of drug-likeness (QED) is 0.565. The van der Waals surface area contributed by atoms with E-state index in [0.29, 0.717) is 5.56 Å². The highest BCUT2D eigenvalue weighted by Crippen LogP contribution is 2.64. The first-order valence-corrected chi connectivity index (χ1v) is 9.45. The highest BCUT2D eigenvalue weighted by atomic mass is 32.2. The van der Waals surface area contributed by atoms with Crippen LogP contribution in [0.3, 0.4) is 0 Å². The Kier molecular flexibility index (Phi) is 4.98. The molecule has 1 aliphatic rings. The van der Waals surface area contributed by atoms with Crippen LogP contribution >= 0.6 is 0 Å². The lowest BCUT2D eigenvalue weighted by atomic mass is 9.99. The molecule has 0 aromatic heterocycles. The van der Waals surface area contributed by atoms with Gasteiger partial charge in [0.15, 0.2) is 15.3 Å². The lowest BCUT2D eigenvalue weighted by molar-refractivity contribution is -0.164. The van der Waals surface area contributed by atoms with E-state index < -0.39 is 44.2 Å². The Hall–Kier alpha value is -1.96. The van der Waals surface area contributed by atoms with E-state index in [1.807, 2.05) is 0 Å². The molecule has 1 fully saturated rings. The van der Waals surface area contributed by atoms with Crippen molar-refractivity contribution in [3.8, 4) is 0 Å². The molecule has 1 aromatic carbocycles. The van der Waals surface area contributed by atoms with Crippen LogP contribution in [0.15, 0.2) is 24.3 Å². The largest absolute Gasteiger partial charge is 0.465 e. The van der Waals surface area contributed by atoms with Crippen LogP contribution in [0.4, 0.5) is 4.39 Å². The first-order valence-electron chi connectivity index (χ1n) is 7.50. The fourth-order valence-electron chi connectivity index (χ4n) is 3.12. The monoisotopic (exact) mass is 358 g/mol. The maximum Gasteiger partial charge on any atom is 0.325 e. The predicted octanol–water partition coefficient (Wildman–Crippen LogP) is 1.45. The van der Waals surface area contributed by atoms with Crippen molar-refractivity contribution in [3.05, 3.63) is 35.6 Å². The third kappa shape index (κ3) is 2.90. The van der Waals surface area contributed by atoms with Crippen LogP contribution < -0.4 is 0 Å². The minimum atomic E-state index is -3.77. The van der Waals surface area contributed by atoms with Crippen molar-refractivity contribution < 1.29 is 31.9 Å². The molecule has 1 saturated carbocycles. The SMILES string of the molecule is CCOC(=O)C1(C(=O)OCC)[C@H](S(C)(=O)=O)[C@@H]1c1ccc(F)cc1. The first-order chi connectivity index (χ1) is 11.2. The standard InChI is InChI=1S/C16H19FO6S/c1-4-22-14(18)16(15(19)23-5-2)12(13(16)24(3,20)21)10-6-8-11(17)9-7-10/h6-9,12-13H,4-5H2,1-3H3/t12-,13+/m0/s1. The molecule has 0 radical (unpaired) electrons. The molecule has 0 N–H and O–H groups in total. The lowest BCUT2D eigenvalue weighted by Gasteiger charge is -2.15. The fourth-order valence-corrected chi connectivity index (χ4v) is 4.92. The summed E-state index contributed by atoms with van der Waals surface area (Å²) in [6.45, 7) is 3.10. The molecule has 24 heavy (non-hydrogen) atoms. The molecule has 2 rings (SSSR count). The van der Waals surface area contributed by atoms with Crippen LogP contribution in [0.2, 0.25) is 0 Å². The van der Waals surface area contributed by atoms with Crippen molar-refractivity contribution in [2.75, 3.05) is 19.5 Å². The van der Waals surface area contributed by atoms with E-state index in [1.54, 1.807) is 13.8 Å². The maximum absolute atomic E-state index is 13.2. The third-order valence-corrected chi connectivity index (χ3v) is 5.62. The summed E-state index contributed by atoms with van der Waals surface area (Å²) in [5.74, 6) is -3.35. The van der Waals surface area contributed by atoms with Gasteiger partial charge in [0.25, 0.3) is 0 Å². The Morgan fingerprint density at radius 3 is 1.92 bits per heavy atom. The average molecular weight is 358 g/mol. The Balaban J connectivity index is 2.58. The highest BCUT2D eigenvalue weighted by molar-refractivity contribution is 7.91. The number of rotatable bonds is 6. The molecule has 0 amide bonds. The van der Waals surface area contributed by atoms with E-state index >= 15 is 0 Å². The van der Waals surface area contributed by atoms with Crippen LogP contribution in [0.25, 0.3) is 0 Å². The lowest BCUT2D eigenvalue weighted by Crippen LogP contribution is -2.35. The van der Waals surface area contributed by atoms with Crippen LogP contribution in [-0.4, -0.2) is 45.1 Å². The number of carbonyl (C=O) groups is 2. The molecule has 1 aliphatic carbocycles. The summed E-state index contributed by atoms with van der Waals surface area (Å²) in [6.07, 6.45) is 0.953. The topological polar surface area (TPSA) is 86.7 Å². The van der Waals surface area contributed by atoms with Crippen molar-refractivity contribution in [1.29, 1.82) is 0 Å². The summed E-state index contributed by atoms with van der Waals surface area (Å²) >= 11 is 0. The van der Waals surface area contributed by atoms with Gasteiger partial charge in [0.1, 0.15) is 5.82 Å². The van der Waals surface area contributed by atoms with Gasteiger partial charge in [-0.3, -0.25) is 9.59 Å². The number of ether oxygens (including phenoxy) is 2. The first kappa shape index (κ1) is 18.4. The molecule has 8 heteroatoms. The minimum Gasteiger partial charge on any atom is -0.465 e. The minimum absolute atomic E-state index is 0.00733. The van der Waals surface area contributed by atoms with E-state index in [-0.39, 0.29) is 13.2 Å². The number of esters is 2. The summed E-state index contributed by atoms with van der Waals surface area (Å²) < 4.78 is 47.4. The number of carbonyl (C=O) groups excluding carboxylic acids is 2. The van der Waals surface area contributed by atoms with E-state index in [2.05, 4.69) is 0 Å². The molecular formula is C16H19FO6S. The number of halogens is 1.